The van der Waals surface area contributed by atoms with Crippen molar-refractivity contribution < 1.29 is 8.78 Å². The first kappa shape index (κ1) is 8.40. The average Bonchev–Trinajstić information content (AvgIpc) is 2.03. The summed E-state index contributed by atoms with van der Waals surface area (Å²) >= 11 is 0. The van der Waals surface area contributed by atoms with Crippen molar-refractivity contribution >= 4 is 0 Å². The molecule has 0 atom stereocenters. The van der Waals surface area contributed by atoms with Gasteiger partial charge in [0.15, 0.2) is 0 Å². The highest BCUT2D eigenvalue weighted by Crippen LogP contribution is 2.14. The highest BCUT2D eigenvalue weighted by molar-refractivity contribution is 5.28. The second kappa shape index (κ2) is 3.13. The van der Waals surface area contributed by atoms with Crippen molar-refractivity contribution in [1.29, 1.82) is 5.26 Å². The van der Waals surface area contributed by atoms with Crippen LogP contribution in [0.15, 0.2) is 16.9 Å². The lowest BCUT2D eigenvalue weighted by molar-refractivity contribution is 0.146. The maximum absolute atomic E-state index is 12.0. The summed E-state index contributed by atoms with van der Waals surface area (Å²) in [5.41, 5.74) is -1.28. The molecular formula is C7H4F2N2O. The third-order valence-corrected chi connectivity index (χ3v) is 1.23. The molecular weight excluding hydrogens is 166 g/mol. The first-order valence-corrected chi connectivity index (χ1v) is 3.06. The summed E-state index contributed by atoms with van der Waals surface area (Å²) in [4.78, 5) is 12.6. The van der Waals surface area contributed by atoms with E-state index in [9.17, 15) is 13.6 Å². The molecule has 0 radical (unpaired) electrons. The molecule has 1 N–H and O–H groups in total. The van der Waals surface area contributed by atoms with Crippen LogP contribution in [-0.4, -0.2) is 4.98 Å². The van der Waals surface area contributed by atoms with Crippen molar-refractivity contribution in [3.63, 3.8) is 0 Å². The van der Waals surface area contributed by atoms with E-state index in [4.69, 9.17) is 5.26 Å². The van der Waals surface area contributed by atoms with Gasteiger partial charge in [-0.15, -0.1) is 0 Å². The molecule has 62 valence electrons. The predicted molar refractivity (Wildman–Crippen MR) is 36.7 cm³/mol. The van der Waals surface area contributed by atoms with E-state index in [0.29, 0.717) is 0 Å². The number of aromatic nitrogens is 1. The van der Waals surface area contributed by atoms with E-state index in [-0.39, 0.29) is 5.56 Å². The molecule has 0 saturated heterocycles. The van der Waals surface area contributed by atoms with Crippen LogP contribution < -0.4 is 5.56 Å². The lowest BCUT2D eigenvalue weighted by Gasteiger charge is -1.97. The van der Waals surface area contributed by atoms with Gasteiger partial charge in [-0.1, -0.05) is 0 Å². The van der Waals surface area contributed by atoms with Crippen molar-refractivity contribution in [2.24, 2.45) is 0 Å². The van der Waals surface area contributed by atoms with Crippen LogP contribution >= 0.6 is 0 Å². The molecule has 3 nitrogen and oxygen atoms in total. The van der Waals surface area contributed by atoms with Gasteiger partial charge < -0.3 is 4.98 Å². The van der Waals surface area contributed by atoms with E-state index < -0.39 is 17.7 Å². The maximum atomic E-state index is 12.0. The molecule has 0 aliphatic rings. The van der Waals surface area contributed by atoms with Gasteiger partial charge in [0.25, 0.3) is 6.43 Å². The predicted octanol–water partition coefficient (Wildman–Crippen LogP) is 1.18. The molecule has 0 saturated carbocycles. The van der Waals surface area contributed by atoms with Crippen LogP contribution in [0.5, 0.6) is 0 Å². The van der Waals surface area contributed by atoms with E-state index in [1.54, 1.807) is 6.07 Å². The summed E-state index contributed by atoms with van der Waals surface area (Å²) in [6, 6.07) is 3.52. The zero-order valence-electron chi connectivity index (χ0n) is 5.84. The number of hydrogen-bond donors (Lipinski definition) is 1. The minimum absolute atomic E-state index is 0.0611. The summed E-state index contributed by atoms with van der Waals surface area (Å²) < 4.78 is 24.0. The van der Waals surface area contributed by atoms with Crippen LogP contribution in [0.3, 0.4) is 0 Å². The SMILES string of the molecule is N#Cc1cc(C(F)F)[nH]c(=O)c1. The molecule has 1 heterocycles. The van der Waals surface area contributed by atoms with E-state index >= 15 is 0 Å². The Kier molecular flexibility index (Phi) is 2.19. The Bertz CT molecular complexity index is 378. The maximum Gasteiger partial charge on any atom is 0.278 e. The molecule has 0 spiro atoms. The molecule has 0 fully saturated rings. The molecule has 1 aromatic heterocycles. The normalized spacial score (nSPS) is 9.83. The highest BCUT2D eigenvalue weighted by atomic mass is 19.3. The largest absolute Gasteiger partial charge is 0.321 e. The number of halogens is 2. The van der Waals surface area contributed by atoms with Crippen LogP contribution in [-0.2, 0) is 0 Å². The van der Waals surface area contributed by atoms with Gasteiger partial charge in [-0.25, -0.2) is 8.78 Å². The number of nitrogens with zero attached hydrogens (tertiary/aromatic N) is 1. The number of nitrogens with one attached hydrogen (secondary N) is 1. The summed E-state index contributed by atoms with van der Waals surface area (Å²) in [6.45, 7) is 0. The van der Waals surface area contributed by atoms with Gasteiger partial charge in [-0.3, -0.25) is 4.79 Å². The van der Waals surface area contributed by atoms with Crippen LogP contribution in [0.1, 0.15) is 17.7 Å². The first-order valence-electron chi connectivity index (χ1n) is 3.06. The van der Waals surface area contributed by atoms with E-state index in [0.717, 1.165) is 12.1 Å². The van der Waals surface area contributed by atoms with Crippen molar-refractivity contribution in [1.82, 2.24) is 4.98 Å². The molecule has 0 aromatic carbocycles. The molecule has 0 bridgehead atoms. The van der Waals surface area contributed by atoms with Crippen molar-refractivity contribution in [2.75, 3.05) is 0 Å². The lowest BCUT2D eigenvalue weighted by atomic mass is 10.2. The number of aromatic amines is 1. The van der Waals surface area contributed by atoms with Gasteiger partial charge in [0, 0.05) is 6.07 Å². The zero-order valence-corrected chi connectivity index (χ0v) is 5.84. The Balaban J connectivity index is 3.27. The Morgan fingerprint density at radius 2 is 2.17 bits per heavy atom. The third-order valence-electron chi connectivity index (χ3n) is 1.23. The van der Waals surface area contributed by atoms with E-state index in [2.05, 4.69) is 0 Å². The molecule has 0 aliphatic heterocycles. The van der Waals surface area contributed by atoms with Gasteiger partial charge in [-0.05, 0) is 6.07 Å². The number of H-pyrrole nitrogens is 1. The Morgan fingerprint density at radius 1 is 1.50 bits per heavy atom. The molecule has 12 heavy (non-hydrogen) atoms. The van der Waals surface area contributed by atoms with Crippen LogP contribution in [0, 0.1) is 11.3 Å². The second-order valence-corrected chi connectivity index (χ2v) is 2.10. The topological polar surface area (TPSA) is 56.6 Å². The monoisotopic (exact) mass is 170 g/mol. The van der Waals surface area contributed by atoms with E-state index in [1.165, 1.54) is 0 Å². The van der Waals surface area contributed by atoms with Gasteiger partial charge in [-0.2, -0.15) is 5.26 Å². The van der Waals surface area contributed by atoms with Gasteiger partial charge >= 0.3 is 0 Å². The van der Waals surface area contributed by atoms with Gasteiger partial charge in [0.05, 0.1) is 17.3 Å². The quantitative estimate of drug-likeness (QED) is 0.688. The number of rotatable bonds is 1. The van der Waals surface area contributed by atoms with E-state index in [1.807, 2.05) is 4.98 Å². The first-order chi connectivity index (χ1) is 5.63. The summed E-state index contributed by atoms with van der Waals surface area (Å²) in [5, 5.41) is 8.32. The number of pyridine rings is 1. The van der Waals surface area contributed by atoms with Crippen LogP contribution in [0.25, 0.3) is 0 Å². The molecule has 1 rings (SSSR count). The minimum Gasteiger partial charge on any atom is -0.321 e. The fourth-order valence-corrected chi connectivity index (χ4v) is 0.747. The number of alkyl halides is 2. The Hall–Kier alpha value is -1.70. The molecule has 0 aliphatic carbocycles. The fraction of sp³-hybridized carbons (Fsp3) is 0.143. The number of nitriles is 1. The molecule has 1 aromatic rings. The van der Waals surface area contributed by atoms with Crippen LogP contribution in [0.2, 0.25) is 0 Å². The second-order valence-electron chi connectivity index (χ2n) is 2.10. The number of hydrogen-bond acceptors (Lipinski definition) is 2. The summed E-state index contributed by atoms with van der Waals surface area (Å²) in [5.74, 6) is 0. The van der Waals surface area contributed by atoms with Crippen molar-refractivity contribution in [2.45, 2.75) is 6.43 Å². The highest BCUT2D eigenvalue weighted by Gasteiger charge is 2.08. The fourth-order valence-electron chi connectivity index (χ4n) is 0.747. The van der Waals surface area contributed by atoms with Gasteiger partial charge in [0.2, 0.25) is 5.56 Å². The van der Waals surface area contributed by atoms with Crippen molar-refractivity contribution in [3.8, 4) is 6.07 Å². The average molecular weight is 170 g/mol. The summed E-state index contributed by atoms with van der Waals surface area (Å²) in [6.07, 6.45) is -2.76. The lowest BCUT2D eigenvalue weighted by Crippen LogP contribution is -2.08. The molecule has 0 unspecified atom stereocenters. The molecule has 0 amide bonds. The summed E-state index contributed by atoms with van der Waals surface area (Å²) in [7, 11) is 0. The third kappa shape index (κ3) is 1.66. The minimum atomic E-state index is -2.76. The Morgan fingerprint density at radius 3 is 2.67 bits per heavy atom. The smallest absolute Gasteiger partial charge is 0.278 e. The molecule has 5 heteroatoms. The van der Waals surface area contributed by atoms with Crippen LogP contribution in [0.4, 0.5) is 8.78 Å². The zero-order chi connectivity index (χ0) is 9.14. The van der Waals surface area contributed by atoms with Gasteiger partial charge in [0.1, 0.15) is 0 Å². The standard InChI is InChI=1S/C7H4F2N2O/c8-7(9)5-1-4(3-10)2-6(12)11-5/h1-2,7H,(H,11,12). The Labute approximate surface area is 66.3 Å². The van der Waals surface area contributed by atoms with Crippen molar-refractivity contribution in [3.05, 3.63) is 33.7 Å².